The number of esters is 2. The second-order valence-electron chi connectivity index (χ2n) is 16.7. The summed E-state index contributed by atoms with van der Waals surface area (Å²) in [6.45, 7) is 7.51. The Morgan fingerprint density at radius 3 is 1.18 bits per heavy atom. The third-order valence-corrected chi connectivity index (χ3v) is 10.6. The fourth-order valence-corrected chi connectivity index (χ4v) is 6.79. The summed E-state index contributed by atoms with van der Waals surface area (Å²) >= 11 is 0. The number of hydrogen-bond donors (Lipinski definition) is 0. The first kappa shape index (κ1) is 58.8. The summed E-state index contributed by atoms with van der Waals surface area (Å²) in [6.07, 6.45) is 69.8. The van der Waals surface area contributed by atoms with Gasteiger partial charge in [-0.2, -0.15) is 0 Å². The first-order valence-corrected chi connectivity index (χ1v) is 25.8. The minimum Gasteiger partial charge on any atom is -0.462 e. The quantitative estimate of drug-likeness (QED) is 0.0347. The molecule has 0 aliphatic heterocycles. The molecule has 5 heteroatoms. The molecule has 0 radical (unpaired) electrons. The van der Waals surface area contributed by atoms with Crippen LogP contribution in [0.3, 0.4) is 0 Å². The molecule has 0 heterocycles. The smallest absolute Gasteiger partial charge is 0.306 e. The van der Waals surface area contributed by atoms with Gasteiger partial charge in [-0.25, -0.2) is 0 Å². The summed E-state index contributed by atoms with van der Waals surface area (Å²) in [5, 5.41) is 0. The Morgan fingerprint density at radius 1 is 0.371 bits per heavy atom. The minimum absolute atomic E-state index is 0.0642. The van der Waals surface area contributed by atoms with Crippen molar-refractivity contribution in [3.05, 3.63) is 97.2 Å². The number of unbranched alkanes of at least 4 members (excludes halogenated alkanes) is 19. The number of ether oxygens (including phenoxy) is 3. The van der Waals surface area contributed by atoms with Gasteiger partial charge < -0.3 is 14.2 Å². The van der Waals surface area contributed by atoms with E-state index < -0.39 is 6.10 Å². The standard InChI is InChI=1S/C57H96O5/c1-4-7-10-13-16-19-22-24-26-28-29-30-31-33-36-38-41-44-47-50-56(58)61-54-55(62-57(59)51-48-45-42-39-35-21-18-15-12-9-6-3)53-60-52-49-46-43-40-37-34-32-27-25-23-20-17-14-11-8-5-2/h7-8,10-11,15-20,24-27,29-30,55H,4-6,9,12-14,21-23,28,31-54H2,1-3H3/b10-7-,11-8-,18-15-,19-16-,20-17-,26-24-,27-25-,30-29-. The van der Waals surface area contributed by atoms with E-state index in [4.69, 9.17) is 14.2 Å². The summed E-state index contributed by atoms with van der Waals surface area (Å²) < 4.78 is 17.4. The molecule has 0 aliphatic rings. The van der Waals surface area contributed by atoms with Crippen LogP contribution in [0.1, 0.15) is 226 Å². The lowest BCUT2D eigenvalue weighted by Crippen LogP contribution is -2.30. The van der Waals surface area contributed by atoms with E-state index in [0.717, 1.165) is 116 Å². The van der Waals surface area contributed by atoms with Crippen molar-refractivity contribution < 1.29 is 23.8 Å². The average molecular weight is 861 g/mol. The predicted molar refractivity (Wildman–Crippen MR) is 270 cm³/mol. The molecule has 1 atom stereocenters. The van der Waals surface area contributed by atoms with Gasteiger partial charge in [0.1, 0.15) is 6.61 Å². The van der Waals surface area contributed by atoms with Gasteiger partial charge in [0.2, 0.25) is 0 Å². The second kappa shape index (κ2) is 52.2. The van der Waals surface area contributed by atoms with Crippen molar-refractivity contribution >= 4 is 11.9 Å². The van der Waals surface area contributed by atoms with Gasteiger partial charge >= 0.3 is 11.9 Å². The molecule has 354 valence electrons. The fourth-order valence-electron chi connectivity index (χ4n) is 6.79. The van der Waals surface area contributed by atoms with E-state index in [2.05, 4.69) is 118 Å². The fraction of sp³-hybridized carbons (Fsp3) is 0.684. The molecule has 0 fully saturated rings. The zero-order chi connectivity index (χ0) is 44.9. The minimum atomic E-state index is -0.558. The topological polar surface area (TPSA) is 61.8 Å². The van der Waals surface area contributed by atoms with Gasteiger partial charge in [0.15, 0.2) is 6.10 Å². The summed E-state index contributed by atoms with van der Waals surface area (Å²) in [5.74, 6) is -0.435. The van der Waals surface area contributed by atoms with Crippen LogP contribution in [0.15, 0.2) is 97.2 Å². The van der Waals surface area contributed by atoms with Gasteiger partial charge in [0.05, 0.1) is 6.61 Å². The van der Waals surface area contributed by atoms with E-state index >= 15 is 0 Å². The predicted octanol–water partition coefficient (Wildman–Crippen LogP) is 17.5. The van der Waals surface area contributed by atoms with Crippen LogP contribution in [0.2, 0.25) is 0 Å². The van der Waals surface area contributed by atoms with Crippen molar-refractivity contribution in [2.24, 2.45) is 0 Å². The molecule has 1 unspecified atom stereocenters. The van der Waals surface area contributed by atoms with Crippen LogP contribution in [-0.4, -0.2) is 37.9 Å². The Bertz CT molecular complexity index is 1200. The van der Waals surface area contributed by atoms with E-state index in [1.807, 2.05) is 0 Å². The highest BCUT2D eigenvalue weighted by atomic mass is 16.6. The van der Waals surface area contributed by atoms with Crippen LogP contribution in [0, 0.1) is 0 Å². The Morgan fingerprint density at radius 2 is 0.726 bits per heavy atom. The second-order valence-corrected chi connectivity index (χ2v) is 16.7. The van der Waals surface area contributed by atoms with Crippen LogP contribution in [-0.2, 0) is 23.8 Å². The molecule has 0 bridgehead atoms. The van der Waals surface area contributed by atoms with Crippen LogP contribution in [0.4, 0.5) is 0 Å². The lowest BCUT2D eigenvalue weighted by atomic mass is 10.1. The highest BCUT2D eigenvalue weighted by Crippen LogP contribution is 2.13. The third kappa shape index (κ3) is 49.5. The molecule has 0 spiro atoms. The van der Waals surface area contributed by atoms with Crippen LogP contribution in [0.25, 0.3) is 0 Å². The maximum atomic E-state index is 12.8. The van der Waals surface area contributed by atoms with Crippen molar-refractivity contribution in [2.75, 3.05) is 19.8 Å². The van der Waals surface area contributed by atoms with E-state index in [1.165, 1.54) is 77.0 Å². The van der Waals surface area contributed by atoms with Crippen LogP contribution < -0.4 is 0 Å². The van der Waals surface area contributed by atoms with E-state index in [9.17, 15) is 9.59 Å². The zero-order valence-electron chi connectivity index (χ0n) is 40.6. The van der Waals surface area contributed by atoms with Crippen molar-refractivity contribution in [3.8, 4) is 0 Å². The molecular weight excluding hydrogens is 765 g/mol. The molecule has 0 aromatic heterocycles. The summed E-state index contributed by atoms with van der Waals surface area (Å²) in [6, 6.07) is 0. The Balaban J connectivity index is 4.30. The summed E-state index contributed by atoms with van der Waals surface area (Å²) in [5.41, 5.74) is 0. The SMILES string of the molecule is CC/C=C\C/C=C\C/C=C\C/C=C\CCCCCCCCC(=O)OCC(COCCCCCCCC/C=C\C/C=C\C/C=C\CC)OC(=O)CCCCCCC/C=C\CCCC. The van der Waals surface area contributed by atoms with Crippen molar-refractivity contribution in [1.29, 1.82) is 0 Å². The monoisotopic (exact) mass is 861 g/mol. The van der Waals surface area contributed by atoms with Gasteiger partial charge in [0, 0.05) is 19.4 Å². The molecule has 0 rings (SSSR count). The summed E-state index contributed by atoms with van der Waals surface area (Å²) in [7, 11) is 0. The molecule has 0 saturated carbocycles. The zero-order valence-corrected chi connectivity index (χ0v) is 40.6. The van der Waals surface area contributed by atoms with Crippen LogP contribution in [0.5, 0.6) is 0 Å². The molecule has 0 amide bonds. The molecule has 0 aromatic carbocycles. The van der Waals surface area contributed by atoms with Crippen LogP contribution >= 0.6 is 0 Å². The maximum absolute atomic E-state index is 12.8. The van der Waals surface area contributed by atoms with E-state index in [0.29, 0.717) is 19.4 Å². The number of carbonyl (C=O) groups excluding carboxylic acids is 2. The first-order chi connectivity index (χ1) is 30.6. The molecule has 5 nitrogen and oxygen atoms in total. The highest BCUT2D eigenvalue weighted by molar-refractivity contribution is 5.70. The highest BCUT2D eigenvalue weighted by Gasteiger charge is 2.17. The lowest BCUT2D eigenvalue weighted by molar-refractivity contribution is -0.163. The van der Waals surface area contributed by atoms with Crippen molar-refractivity contribution in [2.45, 2.75) is 232 Å². The molecule has 0 N–H and O–H groups in total. The van der Waals surface area contributed by atoms with E-state index in [-0.39, 0.29) is 25.2 Å². The average Bonchev–Trinajstić information content (AvgIpc) is 3.27. The molecule has 0 aromatic rings. The van der Waals surface area contributed by atoms with Crippen molar-refractivity contribution in [1.82, 2.24) is 0 Å². The number of hydrogen-bond acceptors (Lipinski definition) is 5. The Kier molecular flexibility index (Phi) is 49.5. The normalized spacial score (nSPS) is 13.0. The Labute approximate surface area is 383 Å². The van der Waals surface area contributed by atoms with Gasteiger partial charge in [-0.3, -0.25) is 9.59 Å². The molecular formula is C57H96O5. The first-order valence-electron chi connectivity index (χ1n) is 25.8. The largest absolute Gasteiger partial charge is 0.462 e. The van der Waals surface area contributed by atoms with Gasteiger partial charge in [-0.15, -0.1) is 0 Å². The van der Waals surface area contributed by atoms with Gasteiger partial charge in [-0.05, 0) is 109 Å². The molecule has 62 heavy (non-hydrogen) atoms. The van der Waals surface area contributed by atoms with Gasteiger partial charge in [0.25, 0.3) is 0 Å². The Hall–Kier alpha value is -3.18. The third-order valence-electron chi connectivity index (χ3n) is 10.6. The summed E-state index contributed by atoms with van der Waals surface area (Å²) in [4.78, 5) is 25.4. The molecule has 0 saturated heterocycles. The van der Waals surface area contributed by atoms with E-state index in [1.54, 1.807) is 0 Å². The van der Waals surface area contributed by atoms with Crippen molar-refractivity contribution in [3.63, 3.8) is 0 Å². The lowest BCUT2D eigenvalue weighted by Gasteiger charge is -2.18. The molecule has 0 aliphatic carbocycles. The number of rotatable bonds is 46. The maximum Gasteiger partial charge on any atom is 0.306 e. The number of allylic oxidation sites excluding steroid dienone is 16. The van der Waals surface area contributed by atoms with Gasteiger partial charge in [-0.1, -0.05) is 201 Å². The number of carbonyl (C=O) groups is 2.